The number of nitrogens with zero attached hydrogens (tertiary/aromatic N) is 1. The fraction of sp³-hybridized carbons (Fsp3) is 0.769. The van der Waals surface area contributed by atoms with Crippen LogP contribution in [-0.2, 0) is 14.3 Å². The standard InChI is InChI=1S/C13H25N3O5/c1-5-9(2)16(8-11(17)18)13(20)15-10(3)12(19)14-6-7-21-4/h9-10H,5-8H2,1-4H3,(H,14,19)(H,15,20)(H,17,18). The number of rotatable bonds is 9. The van der Waals surface area contributed by atoms with E-state index < -0.39 is 24.6 Å². The highest BCUT2D eigenvalue weighted by Gasteiger charge is 2.24. The van der Waals surface area contributed by atoms with Gasteiger partial charge in [-0.2, -0.15) is 0 Å². The first-order chi connectivity index (χ1) is 9.83. The van der Waals surface area contributed by atoms with E-state index in [1.54, 1.807) is 6.92 Å². The molecule has 0 aliphatic rings. The third-order valence-corrected chi connectivity index (χ3v) is 3.03. The molecule has 8 nitrogen and oxygen atoms in total. The molecule has 3 N–H and O–H groups in total. The van der Waals surface area contributed by atoms with Crippen LogP contribution in [-0.4, -0.2) is 66.8 Å². The van der Waals surface area contributed by atoms with Gasteiger partial charge in [-0.05, 0) is 20.3 Å². The van der Waals surface area contributed by atoms with Crippen LogP contribution in [0.3, 0.4) is 0 Å². The summed E-state index contributed by atoms with van der Waals surface area (Å²) >= 11 is 0. The third kappa shape index (κ3) is 7.50. The summed E-state index contributed by atoms with van der Waals surface area (Å²) in [5.74, 6) is -1.44. The zero-order chi connectivity index (χ0) is 16.4. The van der Waals surface area contributed by atoms with E-state index in [9.17, 15) is 14.4 Å². The summed E-state index contributed by atoms with van der Waals surface area (Å²) in [5.41, 5.74) is 0. The Kier molecular flexibility index (Phi) is 9.11. The van der Waals surface area contributed by atoms with Gasteiger partial charge in [0.15, 0.2) is 0 Å². The number of nitrogens with one attached hydrogen (secondary N) is 2. The molecular weight excluding hydrogens is 278 g/mol. The zero-order valence-corrected chi connectivity index (χ0v) is 13.0. The Balaban J connectivity index is 4.52. The quantitative estimate of drug-likeness (QED) is 0.521. The predicted molar refractivity (Wildman–Crippen MR) is 77.0 cm³/mol. The lowest BCUT2D eigenvalue weighted by Gasteiger charge is -2.28. The van der Waals surface area contributed by atoms with Crippen molar-refractivity contribution in [1.82, 2.24) is 15.5 Å². The summed E-state index contributed by atoms with van der Waals surface area (Å²) in [6.07, 6.45) is 0.620. The van der Waals surface area contributed by atoms with Crippen LogP contribution < -0.4 is 10.6 Å². The minimum absolute atomic E-state index is 0.232. The van der Waals surface area contributed by atoms with Gasteiger partial charge in [0.2, 0.25) is 5.91 Å². The van der Waals surface area contributed by atoms with E-state index in [2.05, 4.69) is 10.6 Å². The van der Waals surface area contributed by atoms with Crippen molar-refractivity contribution < 1.29 is 24.2 Å². The van der Waals surface area contributed by atoms with Crippen LogP contribution in [0, 0.1) is 0 Å². The Bertz CT molecular complexity index is 362. The molecule has 0 saturated carbocycles. The zero-order valence-electron chi connectivity index (χ0n) is 13.0. The number of ether oxygens (including phenoxy) is 1. The minimum Gasteiger partial charge on any atom is -0.480 e. The number of urea groups is 1. The number of methoxy groups -OCH3 is 1. The first-order valence-corrected chi connectivity index (χ1v) is 6.89. The smallest absolute Gasteiger partial charge is 0.323 e. The lowest BCUT2D eigenvalue weighted by Crippen LogP contribution is -2.53. The van der Waals surface area contributed by atoms with E-state index in [1.165, 1.54) is 18.9 Å². The van der Waals surface area contributed by atoms with E-state index in [4.69, 9.17) is 9.84 Å². The summed E-state index contributed by atoms with van der Waals surface area (Å²) in [5, 5.41) is 13.9. The maximum absolute atomic E-state index is 12.1. The van der Waals surface area contributed by atoms with Crippen LogP contribution in [0.4, 0.5) is 4.79 Å². The van der Waals surface area contributed by atoms with Gasteiger partial charge >= 0.3 is 12.0 Å². The van der Waals surface area contributed by atoms with Crippen molar-refractivity contribution in [2.75, 3.05) is 26.8 Å². The molecule has 0 aliphatic carbocycles. The Morgan fingerprint density at radius 2 is 1.90 bits per heavy atom. The molecule has 0 heterocycles. The Morgan fingerprint density at radius 3 is 2.38 bits per heavy atom. The number of hydrogen-bond acceptors (Lipinski definition) is 4. The molecular formula is C13H25N3O5. The monoisotopic (exact) mass is 303 g/mol. The number of carbonyl (C=O) groups is 3. The van der Waals surface area contributed by atoms with Crippen LogP contribution in [0.2, 0.25) is 0 Å². The second-order valence-corrected chi connectivity index (χ2v) is 4.73. The minimum atomic E-state index is -1.09. The Labute approximate surface area is 124 Å². The lowest BCUT2D eigenvalue weighted by molar-refractivity contribution is -0.138. The van der Waals surface area contributed by atoms with Crippen LogP contribution >= 0.6 is 0 Å². The average Bonchev–Trinajstić information content (AvgIpc) is 2.43. The summed E-state index contributed by atoms with van der Waals surface area (Å²) < 4.78 is 4.81. The van der Waals surface area contributed by atoms with Gasteiger partial charge in [0.05, 0.1) is 6.61 Å². The number of aliphatic carboxylic acids is 1. The molecule has 0 bridgehead atoms. The highest BCUT2D eigenvalue weighted by atomic mass is 16.5. The van der Waals surface area contributed by atoms with Crippen molar-refractivity contribution in [3.05, 3.63) is 0 Å². The summed E-state index contributed by atoms with van der Waals surface area (Å²) in [6, 6.07) is -1.55. The van der Waals surface area contributed by atoms with Crippen LogP contribution in [0.5, 0.6) is 0 Å². The van der Waals surface area contributed by atoms with Crippen LogP contribution in [0.1, 0.15) is 27.2 Å². The second-order valence-electron chi connectivity index (χ2n) is 4.73. The van der Waals surface area contributed by atoms with Crippen molar-refractivity contribution in [1.29, 1.82) is 0 Å². The largest absolute Gasteiger partial charge is 0.480 e. The SMILES string of the molecule is CCC(C)N(CC(=O)O)C(=O)NC(C)C(=O)NCCOC. The van der Waals surface area contributed by atoms with Crippen molar-refractivity contribution >= 4 is 17.9 Å². The molecule has 0 rings (SSSR count). The van der Waals surface area contributed by atoms with E-state index >= 15 is 0 Å². The first kappa shape index (κ1) is 19.2. The van der Waals surface area contributed by atoms with Gasteiger partial charge < -0.3 is 25.4 Å². The highest BCUT2D eigenvalue weighted by Crippen LogP contribution is 2.04. The molecule has 0 fully saturated rings. The van der Waals surface area contributed by atoms with Gasteiger partial charge in [-0.3, -0.25) is 9.59 Å². The maximum atomic E-state index is 12.1. The van der Waals surface area contributed by atoms with Gasteiger partial charge in [-0.25, -0.2) is 4.79 Å². The van der Waals surface area contributed by atoms with E-state index in [0.717, 1.165) is 0 Å². The molecule has 122 valence electrons. The number of amides is 3. The fourth-order valence-electron chi connectivity index (χ4n) is 1.56. The summed E-state index contributed by atoms with van der Waals surface area (Å²) in [6.45, 7) is 5.47. The van der Waals surface area contributed by atoms with Crippen molar-refractivity contribution in [2.24, 2.45) is 0 Å². The van der Waals surface area contributed by atoms with Gasteiger partial charge in [0.1, 0.15) is 12.6 Å². The molecule has 8 heteroatoms. The lowest BCUT2D eigenvalue weighted by atomic mass is 10.2. The van der Waals surface area contributed by atoms with Crippen LogP contribution in [0.25, 0.3) is 0 Å². The molecule has 0 aromatic heterocycles. The number of carboxylic acid groups (broad SMARTS) is 1. The molecule has 0 radical (unpaired) electrons. The topological polar surface area (TPSA) is 108 Å². The molecule has 2 atom stereocenters. The second kappa shape index (κ2) is 9.98. The van der Waals surface area contributed by atoms with Crippen molar-refractivity contribution in [3.63, 3.8) is 0 Å². The number of carboxylic acids is 1. The highest BCUT2D eigenvalue weighted by molar-refractivity contribution is 5.87. The Morgan fingerprint density at radius 1 is 1.29 bits per heavy atom. The molecule has 3 amide bonds. The van der Waals surface area contributed by atoms with Gasteiger partial charge in [0.25, 0.3) is 0 Å². The first-order valence-electron chi connectivity index (χ1n) is 6.89. The van der Waals surface area contributed by atoms with Gasteiger partial charge in [-0.15, -0.1) is 0 Å². The molecule has 0 saturated heterocycles. The van der Waals surface area contributed by atoms with Gasteiger partial charge in [-0.1, -0.05) is 6.92 Å². The number of carbonyl (C=O) groups excluding carboxylic acids is 2. The Hall–Kier alpha value is -1.83. The van der Waals surface area contributed by atoms with Gasteiger partial charge in [0, 0.05) is 19.7 Å². The summed E-state index contributed by atoms with van der Waals surface area (Å²) in [7, 11) is 1.52. The average molecular weight is 303 g/mol. The third-order valence-electron chi connectivity index (χ3n) is 3.03. The van der Waals surface area contributed by atoms with Crippen molar-refractivity contribution in [3.8, 4) is 0 Å². The van der Waals surface area contributed by atoms with Crippen molar-refractivity contribution in [2.45, 2.75) is 39.3 Å². The molecule has 0 aromatic carbocycles. The molecule has 0 aliphatic heterocycles. The van der Waals surface area contributed by atoms with E-state index in [-0.39, 0.29) is 11.9 Å². The molecule has 2 unspecified atom stereocenters. The summed E-state index contributed by atoms with van der Waals surface area (Å²) in [4.78, 5) is 35.8. The van der Waals surface area contributed by atoms with Crippen LogP contribution in [0.15, 0.2) is 0 Å². The maximum Gasteiger partial charge on any atom is 0.323 e. The fourth-order valence-corrected chi connectivity index (χ4v) is 1.56. The number of hydrogen-bond donors (Lipinski definition) is 3. The molecule has 0 spiro atoms. The molecule has 0 aromatic rings. The predicted octanol–water partition coefficient (Wildman–Crippen LogP) is 0.0322. The molecule has 21 heavy (non-hydrogen) atoms. The van der Waals surface area contributed by atoms with E-state index in [0.29, 0.717) is 19.6 Å². The van der Waals surface area contributed by atoms with E-state index in [1.807, 2.05) is 6.92 Å². The normalized spacial score (nSPS) is 13.1.